The Balaban J connectivity index is 1.87. The summed E-state index contributed by atoms with van der Waals surface area (Å²) in [6.45, 7) is 0.708. The summed E-state index contributed by atoms with van der Waals surface area (Å²) in [6.07, 6.45) is 3.05. The second kappa shape index (κ2) is 9.93. The second-order valence-corrected chi connectivity index (χ2v) is 7.26. The van der Waals surface area contributed by atoms with Crippen molar-refractivity contribution < 1.29 is 14.3 Å². The Hall–Kier alpha value is -3.32. The molecule has 0 bridgehead atoms. The highest BCUT2D eigenvalue weighted by molar-refractivity contribution is 5.91. The zero-order valence-corrected chi connectivity index (χ0v) is 17.1. The largest absolute Gasteiger partial charge is 0.497 e. The summed E-state index contributed by atoms with van der Waals surface area (Å²) in [7, 11) is 1.60. The van der Waals surface area contributed by atoms with Crippen molar-refractivity contribution in [1.82, 2.24) is 9.88 Å². The minimum atomic E-state index is -0.714. The molecule has 0 saturated carbocycles. The van der Waals surface area contributed by atoms with Crippen LogP contribution in [0.15, 0.2) is 54.7 Å². The fraction of sp³-hybridized carbons (Fsp3) is 0.304. The molecule has 0 radical (unpaired) electrons. The molecule has 3 rings (SSSR count). The lowest BCUT2D eigenvalue weighted by atomic mass is 10.0. The highest BCUT2D eigenvalue weighted by Gasteiger charge is 2.28. The van der Waals surface area contributed by atoms with Crippen LogP contribution in [0.2, 0.25) is 0 Å². The van der Waals surface area contributed by atoms with Gasteiger partial charge in [-0.25, -0.2) is 0 Å². The fourth-order valence-electron chi connectivity index (χ4n) is 3.61. The summed E-state index contributed by atoms with van der Waals surface area (Å²) in [5, 5.41) is 0.993. The number of rotatable bonds is 10. The number of hydrogen-bond donors (Lipinski definition) is 3. The van der Waals surface area contributed by atoms with E-state index in [2.05, 4.69) is 4.98 Å². The molecule has 30 heavy (non-hydrogen) atoms. The van der Waals surface area contributed by atoms with Gasteiger partial charge in [-0.15, -0.1) is 0 Å². The van der Waals surface area contributed by atoms with E-state index in [1.165, 1.54) is 0 Å². The molecule has 0 unspecified atom stereocenters. The van der Waals surface area contributed by atoms with Crippen molar-refractivity contribution in [3.8, 4) is 5.75 Å². The van der Waals surface area contributed by atoms with Crippen LogP contribution in [0.4, 0.5) is 0 Å². The molecule has 1 aromatic heterocycles. The predicted molar refractivity (Wildman–Crippen MR) is 117 cm³/mol. The minimum Gasteiger partial charge on any atom is -0.497 e. The van der Waals surface area contributed by atoms with Gasteiger partial charge < -0.3 is 26.1 Å². The van der Waals surface area contributed by atoms with Crippen molar-refractivity contribution in [2.45, 2.75) is 31.8 Å². The summed E-state index contributed by atoms with van der Waals surface area (Å²) in [5.41, 5.74) is 14.1. The summed E-state index contributed by atoms with van der Waals surface area (Å²) >= 11 is 0. The van der Waals surface area contributed by atoms with Gasteiger partial charge in [-0.05, 0) is 48.7 Å². The third kappa shape index (κ3) is 4.99. The molecule has 0 aliphatic carbocycles. The molecule has 7 heteroatoms. The number of carbonyl (C=O) groups excluding carboxylic acids is 2. The number of carbonyl (C=O) groups is 2. The van der Waals surface area contributed by atoms with Crippen molar-refractivity contribution in [3.05, 3.63) is 65.9 Å². The van der Waals surface area contributed by atoms with Crippen LogP contribution in [-0.4, -0.2) is 41.4 Å². The molecule has 1 atom stereocenters. The normalized spacial score (nSPS) is 11.9. The number of fused-ring (bicyclic) bond motifs is 1. The molecule has 0 fully saturated rings. The first-order valence-corrected chi connectivity index (χ1v) is 10.00. The van der Waals surface area contributed by atoms with E-state index in [4.69, 9.17) is 16.2 Å². The average molecular weight is 409 g/mol. The van der Waals surface area contributed by atoms with Gasteiger partial charge in [-0.3, -0.25) is 9.59 Å². The Morgan fingerprint density at radius 3 is 2.53 bits per heavy atom. The van der Waals surface area contributed by atoms with Gasteiger partial charge in [0, 0.05) is 23.6 Å². The molecule has 2 aromatic carbocycles. The predicted octanol–water partition coefficient (Wildman–Crippen LogP) is 2.34. The van der Waals surface area contributed by atoms with Crippen LogP contribution in [0.25, 0.3) is 10.9 Å². The highest BCUT2D eigenvalue weighted by atomic mass is 16.5. The van der Waals surface area contributed by atoms with Gasteiger partial charge in [0.2, 0.25) is 11.8 Å². The van der Waals surface area contributed by atoms with E-state index in [9.17, 15) is 9.59 Å². The molecule has 158 valence electrons. The van der Waals surface area contributed by atoms with Crippen LogP contribution in [0.3, 0.4) is 0 Å². The molecule has 1 heterocycles. The van der Waals surface area contributed by atoms with Crippen LogP contribution < -0.4 is 16.2 Å². The molecule has 0 spiro atoms. The van der Waals surface area contributed by atoms with Crippen molar-refractivity contribution in [2.24, 2.45) is 11.5 Å². The lowest BCUT2D eigenvalue weighted by Gasteiger charge is -2.30. The van der Waals surface area contributed by atoms with Crippen molar-refractivity contribution >= 4 is 22.7 Å². The molecule has 7 nitrogen and oxygen atoms in total. The zero-order chi connectivity index (χ0) is 21.5. The number of aromatic nitrogens is 1. The molecular weight excluding hydrogens is 380 g/mol. The number of nitrogens with one attached hydrogen (secondary N) is 1. The van der Waals surface area contributed by atoms with Gasteiger partial charge in [-0.2, -0.15) is 0 Å². The first kappa shape index (κ1) is 21.4. The molecule has 5 N–H and O–H groups in total. The van der Waals surface area contributed by atoms with Gasteiger partial charge in [0.25, 0.3) is 0 Å². The number of H-pyrrole nitrogens is 1. The Labute approximate surface area is 176 Å². The Bertz CT molecular complexity index is 997. The van der Waals surface area contributed by atoms with Gasteiger partial charge in [0.1, 0.15) is 11.8 Å². The number of nitrogens with two attached hydrogens (primary N) is 2. The number of ether oxygens (including phenoxy) is 1. The first-order valence-electron chi connectivity index (χ1n) is 10.00. The van der Waals surface area contributed by atoms with Crippen molar-refractivity contribution in [3.63, 3.8) is 0 Å². The fourth-order valence-corrected chi connectivity index (χ4v) is 3.61. The first-order chi connectivity index (χ1) is 14.5. The Morgan fingerprint density at radius 2 is 1.87 bits per heavy atom. The SMILES string of the molecule is COc1ccc(CN(C(=O)Cc2c[nH]c3ccccc23)[C@H](CCCN)C(N)=O)cc1. The van der Waals surface area contributed by atoms with E-state index >= 15 is 0 Å². The van der Waals surface area contributed by atoms with E-state index < -0.39 is 11.9 Å². The third-order valence-corrected chi connectivity index (χ3v) is 5.24. The van der Waals surface area contributed by atoms with E-state index in [1.54, 1.807) is 12.0 Å². The number of benzene rings is 2. The number of hydrogen-bond acceptors (Lipinski definition) is 4. The molecule has 2 amide bonds. The summed E-state index contributed by atoms with van der Waals surface area (Å²) in [4.78, 5) is 30.3. The second-order valence-electron chi connectivity index (χ2n) is 7.26. The maximum absolute atomic E-state index is 13.3. The standard InChI is InChI=1S/C23H28N4O3/c1-30-18-10-8-16(9-11-18)15-27(21(23(25)29)7-4-12-24)22(28)13-17-14-26-20-6-3-2-5-19(17)20/h2-3,5-6,8-11,14,21,26H,4,7,12-13,15,24H2,1H3,(H2,25,29)/t21-/m1/s1. The number of aromatic amines is 1. The van der Waals surface area contributed by atoms with Gasteiger partial charge in [0.15, 0.2) is 0 Å². The quantitative estimate of drug-likeness (QED) is 0.478. The van der Waals surface area contributed by atoms with Crippen LogP contribution in [-0.2, 0) is 22.6 Å². The number of primary amides is 1. The van der Waals surface area contributed by atoms with E-state index in [0.29, 0.717) is 19.4 Å². The lowest BCUT2D eigenvalue weighted by molar-refractivity contribution is -0.139. The Kier molecular flexibility index (Phi) is 7.08. The summed E-state index contributed by atoms with van der Waals surface area (Å²) < 4.78 is 5.20. The summed E-state index contributed by atoms with van der Waals surface area (Å²) in [6, 6.07) is 14.5. The molecule has 0 saturated heterocycles. The van der Waals surface area contributed by atoms with Crippen LogP contribution in [0.5, 0.6) is 5.75 Å². The van der Waals surface area contributed by atoms with Crippen LogP contribution in [0, 0.1) is 0 Å². The van der Waals surface area contributed by atoms with Gasteiger partial charge in [-0.1, -0.05) is 30.3 Å². The monoisotopic (exact) mass is 408 g/mol. The minimum absolute atomic E-state index is 0.156. The molecule has 0 aliphatic rings. The number of amides is 2. The number of para-hydroxylation sites is 1. The van der Waals surface area contributed by atoms with Gasteiger partial charge >= 0.3 is 0 Å². The van der Waals surface area contributed by atoms with Crippen molar-refractivity contribution in [2.75, 3.05) is 13.7 Å². The molecule has 3 aromatic rings. The average Bonchev–Trinajstić information content (AvgIpc) is 3.16. The van der Waals surface area contributed by atoms with E-state index in [0.717, 1.165) is 27.8 Å². The number of nitrogens with zero attached hydrogens (tertiary/aromatic N) is 1. The summed E-state index contributed by atoms with van der Waals surface area (Å²) in [5.74, 6) is 0.0469. The smallest absolute Gasteiger partial charge is 0.240 e. The highest BCUT2D eigenvalue weighted by Crippen LogP contribution is 2.21. The van der Waals surface area contributed by atoms with Crippen LogP contribution >= 0.6 is 0 Å². The Morgan fingerprint density at radius 1 is 1.13 bits per heavy atom. The number of methoxy groups -OCH3 is 1. The van der Waals surface area contributed by atoms with E-state index in [1.807, 2.05) is 54.7 Å². The van der Waals surface area contributed by atoms with Crippen LogP contribution in [0.1, 0.15) is 24.0 Å². The van der Waals surface area contributed by atoms with E-state index in [-0.39, 0.29) is 18.9 Å². The zero-order valence-electron chi connectivity index (χ0n) is 17.1. The van der Waals surface area contributed by atoms with Crippen molar-refractivity contribution in [1.29, 1.82) is 0 Å². The molecule has 0 aliphatic heterocycles. The molecular formula is C23H28N4O3. The van der Waals surface area contributed by atoms with Gasteiger partial charge in [0.05, 0.1) is 13.5 Å². The topological polar surface area (TPSA) is 114 Å². The maximum atomic E-state index is 13.3. The third-order valence-electron chi connectivity index (χ3n) is 5.24. The maximum Gasteiger partial charge on any atom is 0.240 e. The lowest BCUT2D eigenvalue weighted by Crippen LogP contribution is -2.48.